The van der Waals surface area contributed by atoms with E-state index >= 15 is 0 Å². The second kappa shape index (κ2) is 11.5. The number of benzene rings is 1. The van der Waals surface area contributed by atoms with Gasteiger partial charge < -0.3 is 20.3 Å². The van der Waals surface area contributed by atoms with Crippen LogP contribution < -0.4 is 10.6 Å². The van der Waals surface area contributed by atoms with E-state index in [2.05, 4.69) is 10.6 Å². The molecular weight excluding hydrogens is 452 g/mol. The summed E-state index contributed by atoms with van der Waals surface area (Å²) in [7, 11) is 0. The van der Waals surface area contributed by atoms with Crippen LogP contribution >= 0.6 is 0 Å². The van der Waals surface area contributed by atoms with Gasteiger partial charge in [-0.1, -0.05) is 37.3 Å². The highest BCUT2D eigenvalue weighted by atomic mass is 16.7. The number of hydrogen-bond acceptors (Lipinski definition) is 6. The molecule has 2 aliphatic heterocycles. The Bertz CT molecular complexity index is 916. The Morgan fingerprint density at radius 3 is 2.51 bits per heavy atom. The minimum Gasteiger partial charge on any atom is -0.444 e. The summed E-state index contributed by atoms with van der Waals surface area (Å²) in [5, 5.41) is 6.70. The van der Waals surface area contributed by atoms with Crippen LogP contribution in [-0.2, 0) is 25.8 Å². The lowest BCUT2D eigenvalue weighted by molar-refractivity contribution is -0.140. The molecule has 0 saturated carbocycles. The number of fused-ring (bicyclic) bond motifs is 2. The topological polar surface area (TPSA) is 117 Å². The molecule has 0 spiro atoms. The first kappa shape index (κ1) is 26.5. The Morgan fingerprint density at radius 1 is 1.11 bits per heavy atom. The Labute approximate surface area is 206 Å². The SMILES string of the molecule is CC(CNC(=O)OC(C)(C)C)CC(=O)CNC(=O)[C@@H]1CC[C@@H]2CN1C(=O)N2OCc1ccccc1. The number of Topliss-reactive ketones (excluding diaryl/α,β-unsaturated/α-hetero) is 1. The van der Waals surface area contributed by atoms with E-state index in [0.717, 1.165) is 5.56 Å². The molecule has 4 amide bonds. The second-order valence-corrected chi connectivity index (χ2v) is 10.2. The van der Waals surface area contributed by atoms with Gasteiger partial charge in [-0.15, -0.1) is 0 Å². The maximum Gasteiger partial charge on any atom is 0.407 e. The molecular formula is C25H36N4O6. The van der Waals surface area contributed by atoms with E-state index < -0.39 is 17.7 Å². The van der Waals surface area contributed by atoms with E-state index in [1.165, 1.54) is 9.96 Å². The van der Waals surface area contributed by atoms with Gasteiger partial charge >= 0.3 is 12.1 Å². The van der Waals surface area contributed by atoms with Crippen LogP contribution in [0.4, 0.5) is 9.59 Å². The van der Waals surface area contributed by atoms with Crippen molar-refractivity contribution in [2.45, 2.75) is 71.2 Å². The summed E-state index contributed by atoms with van der Waals surface area (Å²) in [5.74, 6) is -0.599. The van der Waals surface area contributed by atoms with Gasteiger partial charge in [-0.25, -0.2) is 9.59 Å². The first-order valence-corrected chi connectivity index (χ1v) is 12.1. The van der Waals surface area contributed by atoms with Gasteiger partial charge in [0.05, 0.1) is 12.6 Å². The van der Waals surface area contributed by atoms with Gasteiger partial charge in [0.1, 0.15) is 18.2 Å². The van der Waals surface area contributed by atoms with Crippen LogP contribution in [-0.4, -0.2) is 71.1 Å². The van der Waals surface area contributed by atoms with E-state index in [1.54, 1.807) is 20.8 Å². The lowest BCUT2D eigenvalue weighted by Gasteiger charge is -2.29. The van der Waals surface area contributed by atoms with Gasteiger partial charge in [-0.2, -0.15) is 5.06 Å². The van der Waals surface area contributed by atoms with Crippen molar-refractivity contribution in [2.24, 2.45) is 5.92 Å². The molecule has 2 N–H and O–H groups in total. The predicted octanol–water partition coefficient (Wildman–Crippen LogP) is 2.62. The number of carbonyl (C=O) groups excluding carboxylic acids is 4. The number of nitrogens with zero attached hydrogens (tertiary/aromatic N) is 2. The number of hydroxylamine groups is 2. The van der Waals surface area contributed by atoms with Crippen molar-refractivity contribution < 1.29 is 28.8 Å². The molecule has 1 aromatic rings. The van der Waals surface area contributed by atoms with Gasteiger partial charge in [0.25, 0.3) is 0 Å². The minimum absolute atomic E-state index is 0.0878. The number of rotatable bonds is 10. The van der Waals surface area contributed by atoms with Gasteiger partial charge in [0.15, 0.2) is 5.78 Å². The number of amides is 4. The van der Waals surface area contributed by atoms with Crippen molar-refractivity contribution in [2.75, 3.05) is 19.6 Å². The van der Waals surface area contributed by atoms with Crippen molar-refractivity contribution in [3.63, 3.8) is 0 Å². The maximum atomic E-state index is 12.9. The molecule has 2 fully saturated rings. The fourth-order valence-corrected chi connectivity index (χ4v) is 4.20. The average molecular weight is 489 g/mol. The molecule has 0 radical (unpaired) electrons. The van der Waals surface area contributed by atoms with Crippen molar-refractivity contribution in [1.29, 1.82) is 0 Å². The Hall–Kier alpha value is -3.14. The zero-order valence-corrected chi connectivity index (χ0v) is 20.9. The Morgan fingerprint density at radius 2 is 1.83 bits per heavy atom. The molecule has 2 saturated heterocycles. The van der Waals surface area contributed by atoms with Crippen LogP contribution in [0.3, 0.4) is 0 Å². The number of ether oxygens (including phenoxy) is 1. The largest absolute Gasteiger partial charge is 0.444 e. The summed E-state index contributed by atoms with van der Waals surface area (Å²) >= 11 is 0. The highest BCUT2D eigenvalue weighted by Gasteiger charge is 2.47. The molecule has 35 heavy (non-hydrogen) atoms. The van der Waals surface area contributed by atoms with E-state index in [4.69, 9.17) is 9.57 Å². The number of nitrogens with one attached hydrogen (secondary N) is 2. The first-order chi connectivity index (χ1) is 16.5. The summed E-state index contributed by atoms with van der Waals surface area (Å²) in [6, 6.07) is 8.55. The number of hydrogen-bond donors (Lipinski definition) is 2. The first-order valence-electron chi connectivity index (χ1n) is 12.1. The van der Waals surface area contributed by atoms with Crippen LogP contribution in [0.2, 0.25) is 0 Å². The number of ketones is 1. The molecule has 0 aliphatic carbocycles. The lowest BCUT2D eigenvalue weighted by atomic mass is 10.00. The number of urea groups is 1. The fraction of sp³-hybridized carbons (Fsp3) is 0.600. The standard InChI is InChI=1S/C25H36N4O6/c1-17(13-27-23(32)35-25(2,3)4)12-20(30)14-26-22(31)21-11-10-19-15-28(21)24(33)29(19)34-16-18-8-6-5-7-9-18/h5-9,17,19,21H,10-16H2,1-4H3,(H,26,31)(H,27,32)/t17?,19-,21+/m1/s1. The van der Waals surface area contributed by atoms with Crippen molar-refractivity contribution in [3.8, 4) is 0 Å². The molecule has 10 nitrogen and oxygen atoms in total. The van der Waals surface area contributed by atoms with Crippen LogP contribution in [0.5, 0.6) is 0 Å². The predicted molar refractivity (Wildman–Crippen MR) is 128 cm³/mol. The van der Waals surface area contributed by atoms with Crippen LogP contribution in [0, 0.1) is 5.92 Å². The third kappa shape index (κ3) is 7.68. The molecule has 0 aromatic heterocycles. The van der Waals surface area contributed by atoms with Gasteiger partial charge in [-0.05, 0) is 45.1 Å². The van der Waals surface area contributed by atoms with E-state index in [-0.39, 0.29) is 49.3 Å². The molecule has 10 heteroatoms. The third-order valence-corrected chi connectivity index (χ3v) is 5.87. The monoisotopic (exact) mass is 488 g/mol. The van der Waals surface area contributed by atoms with Crippen molar-refractivity contribution in [3.05, 3.63) is 35.9 Å². The smallest absolute Gasteiger partial charge is 0.407 e. The Kier molecular flexibility index (Phi) is 8.71. The summed E-state index contributed by atoms with van der Waals surface area (Å²) in [6.07, 6.45) is 0.832. The van der Waals surface area contributed by atoms with Crippen molar-refractivity contribution >= 4 is 23.8 Å². The molecule has 1 aromatic carbocycles. The molecule has 2 aliphatic rings. The van der Waals surface area contributed by atoms with Gasteiger partial charge in [0, 0.05) is 19.5 Å². The summed E-state index contributed by atoms with van der Waals surface area (Å²) in [4.78, 5) is 57.0. The molecule has 192 valence electrons. The van der Waals surface area contributed by atoms with Crippen LogP contribution in [0.15, 0.2) is 30.3 Å². The number of piperidine rings is 1. The summed E-state index contributed by atoms with van der Waals surface area (Å²) in [6.45, 7) is 8.05. The molecule has 2 bridgehead atoms. The van der Waals surface area contributed by atoms with Crippen LogP contribution in [0.1, 0.15) is 52.5 Å². The lowest BCUT2D eigenvalue weighted by Crippen LogP contribution is -2.50. The number of carbonyl (C=O) groups is 4. The van der Waals surface area contributed by atoms with Crippen molar-refractivity contribution in [1.82, 2.24) is 20.6 Å². The average Bonchev–Trinajstić information content (AvgIpc) is 3.03. The van der Waals surface area contributed by atoms with Gasteiger partial charge in [-0.3, -0.25) is 14.4 Å². The quantitative estimate of drug-likeness (QED) is 0.523. The second-order valence-electron chi connectivity index (χ2n) is 10.2. The molecule has 3 atom stereocenters. The highest BCUT2D eigenvalue weighted by molar-refractivity contribution is 5.91. The molecule has 2 heterocycles. The normalized spacial score (nSPS) is 20.4. The zero-order chi connectivity index (χ0) is 25.6. The maximum absolute atomic E-state index is 12.9. The van der Waals surface area contributed by atoms with E-state index in [0.29, 0.717) is 25.9 Å². The van der Waals surface area contributed by atoms with Gasteiger partial charge in [0.2, 0.25) is 5.91 Å². The minimum atomic E-state index is -0.622. The third-order valence-electron chi connectivity index (χ3n) is 5.87. The highest BCUT2D eigenvalue weighted by Crippen LogP contribution is 2.30. The number of alkyl carbamates (subject to hydrolysis) is 1. The van der Waals surface area contributed by atoms with E-state index in [1.807, 2.05) is 37.3 Å². The zero-order valence-electron chi connectivity index (χ0n) is 20.9. The fourth-order valence-electron chi connectivity index (χ4n) is 4.20. The summed E-state index contributed by atoms with van der Waals surface area (Å²) in [5.41, 5.74) is 0.369. The molecule has 3 rings (SSSR count). The Balaban J connectivity index is 1.40. The van der Waals surface area contributed by atoms with E-state index in [9.17, 15) is 19.2 Å². The summed E-state index contributed by atoms with van der Waals surface area (Å²) < 4.78 is 5.18. The van der Waals surface area contributed by atoms with Crippen LogP contribution in [0.25, 0.3) is 0 Å². The molecule has 1 unspecified atom stereocenters.